The molecular weight excluding hydrogens is 284 g/mol. The lowest BCUT2D eigenvalue weighted by Crippen LogP contribution is -2.20. The van der Waals surface area contributed by atoms with Gasteiger partial charge in [0.2, 0.25) is 0 Å². The van der Waals surface area contributed by atoms with Crippen LogP contribution in [0.4, 0.5) is 0 Å². The van der Waals surface area contributed by atoms with E-state index in [0.717, 1.165) is 11.1 Å². The van der Waals surface area contributed by atoms with Crippen molar-refractivity contribution in [1.82, 2.24) is 4.83 Å². The van der Waals surface area contributed by atoms with Gasteiger partial charge in [0.15, 0.2) is 0 Å². The molecule has 0 fully saturated rings. The van der Waals surface area contributed by atoms with Crippen LogP contribution in [0.3, 0.4) is 0 Å². The first-order valence-corrected chi connectivity index (χ1v) is 7.85. The van der Waals surface area contributed by atoms with Gasteiger partial charge in [-0.1, -0.05) is 54.6 Å². The summed E-state index contributed by atoms with van der Waals surface area (Å²) in [5.41, 5.74) is 2.25. The molecule has 0 saturated heterocycles. The number of hydrogen-bond acceptors (Lipinski definition) is 3. The number of nitrogens with one attached hydrogen (secondary N) is 1. The van der Waals surface area contributed by atoms with E-state index in [2.05, 4.69) is 16.5 Å². The Bertz CT molecular complexity index is 749. The summed E-state index contributed by atoms with van der Waals surface area (Å²) in [5, 5.41) is 3.94. The Morgan fingerprint density at radius 3 is 2.29 bits per heavy atom. The van der Waals surface area contributed by atoms with E-state index < -0.39 is 10.0 Å². The summed E-state index contributed by atoms with van der Waals surface area (Å²) in [6.07, 6.45) is 1.51. The Hall–Kier alpha value is -2.40. The first-order chi connectivity index (χ1) is 10.0. The lowest BCUT2D eigenvalue weighted by Gasteiger charge is -2.06. The highest BCUT2D eigenvalue weighted by molar-refractivity contribution is 7.89. The van der Waals surface area contributed by atoms with Gasteiger partial charge in [-0.3, -0.25) is 0 Å². The second-order valence-electron chi connectivity index (χ2n) is 4.47. The monoisotopic (exact) mass is 300 g/mol. The molecule has 2 rings (SSSR count). The molecule has 1 N–H and O–H groups in total. The topological polar surface area (TPSA) is 58.5 Å². The van der Waals surface area contributed by atoms with Crippen LogP contribution in [0.15, 0.2) is 77.2 Å². The molecule has 0 bridgehead atoms. The number of benzene rings is 2. The number of aryl methyl sites for hydroxylation is 1. The van der Waals surface area contributed by atoms with Gasteiger partial charge in [-0.2, -0.15) is 18.4 Å². The molecule has 108 valence electrons. The van der Waals surface area contributed by atoms with E-state index in [1.165, 1.54) is 6.08 Å². The molecule has 21 heavy (non-hydrogen) atoms. The fourth-order valence-corrected chi connectivity index (χ4v) is 2.53. The van der Waals surface area contributed by atoms with Gasteiger partial charge < -0.3 is 0 Å². The van der Waals surface area contributed by atoms with Gasteiger partial charge in [0.25, 0.3) is 10.0 Å². The highest BCUT2D eigenvalue weighted by atomic mass is 32.2. The van der Waals surface area contributed by atoms with Crippen LogP contribution in [0, 0.1) is 6.92 Å². The molecule has 2 aromatic carbocycles. The molecule has 0 aromatic heterocycles. The van der Waals surface area contributed by atoms with Gasteiger partial charge in [0.1, 0.15) is 0 Å². The van der Waals surface area contributed by atoms with Gasteiger partial charge >= 0.3 is 0 Å². The number of nitrogens with zero attached hydrogens (tertiary/aromatic N) is 1. The lowest BCUT2D eigenvalue weighted by atomic mass is 10.1. The van der Waals surface area contributed by atoms with Crippen LogP contribution in [-0.4, -0.2) is 14.1 Å². The second kappa shape index (κ2) is 6.37. The van der Waals surface area contributed by atoms with Crippen molar-refractivity contribution in [2.75, 3.05) is 0 Å². The quantitative estimate of drug-likeness (QED) is 0.682. The van der Waals surface area contributed by atoms with Gasteiger partial charge in [0, 0.05) is 5.56 Å². The highest BCUT2D eigenvalue weighted by Gasteiger charge is 2.12. The van der Waals surface area contributed by atoms with Crippen molar-refractivity contribution in [1.29, 1.82) is 0 Å². The SMILES string of the molecule is C=CC(=NNS(=O)(=O)c1ccc(C)cc1)c1ccccc1. The van der Waals surface area contributed by atoms with Crippen molar-refractivity contribution in [3.8, 4) is 0 Å². The van der Waals surface area contributed by atoms with E-state index >= 15 is 0 Å². The fraction of sp³-hybridized carbons (Fsp3) is 0.0625. The predicted molar refractivity (Wildman–Crippen MR) is 84.7 cm³/mol. The number of allylic oxidation sites excluding steroid dienone is 1. The van der Waals surface area contributed by atoms with Crippen LogP contribution in [0.2, 0.25) is 0 Å². The van der Waals surface area contributed by atoms with E-state index in [4.69, 9.17) is 0 Å². The minimum absolute atomic E-state index is 0.174. The average Bonchev–Trinajstić information content (AvgIpc) is 2.49. The first-order valence-electron chi connectivity index (χ1n) is 6.37. The smallest absolute Gasteiger partial charge is 0.200 e. The molecule has 0 heterocycles. The van der Waals surface area contributed by atoms with Crippen LogP contribution in [0.25, 0.3) is 0 Å². The largest absolute Gasteiger partial charge is 0.276 e. The average molecular weight is 300 g/mol. The van der Waals surface area contributed by atoms with Crippen LogP contribution in [-0.2, 0) is 10.0 Å². The maximum atomic E-state index is 12.1. The number of sulfonamides is 1. The maximum absolute atomic E-state index is 12.1. The Kier molecular flexibility index (Phi) is 4.55. The lowest BCUT2D eigenvalue weighted by molar-refractivity contribution is 0.584. The summed E-state index contributed by atoms with van der Waals surface area (Å²) >= 11 is 0. The Balaban J connectivity index is 2.26. The predicted octanol–water partition coefficient (Wildman–Crippen LogP) is 2.86. The van der Waals surface area contributed by atoms with Crippen molar-refractivity contribution >= 4 is 15.7 Å². The normalized spacial score (nSPS) is 12.0. The highest BCUT2D eigenvalue weighted by Crippen LogP contribution is 2.10. The van der Waals surface area contributed by atoms with Crippen molar-refractivity contribution in [2.45, 2.75) is 11.8 Å². The van der Waals surface area contributed by atoms with E-state index in [-0.39, 0.29) is 4.90 Å². The minimum Gasteiger partial charge on any atom is -0.200 e. The summed E-state index contributed by atoms with van der Waals surface area (Å²) in [6, 6.07) is 15.8. The fourth-order valence-electron chi connectivity index (χ4n) is 1.72. The number of hydrazone groups is 1. The molecule has 0 radical (unpaired) electrons. The van der Waals surface area contributed by atoms with Crippen LogP contribution in [0.1, 0.15) is 11.1 Å². The first kappa shape index (κ1) is 15.0. The van der Waals surface area contributed by atoms with Crippen molar-refractivity contribution in [2.24, 2.45) is 5.10 Å². The van der Waals surface area contributed by atoms with Gasteiger partial charge in [-0.05, 0) is 25.1 Å². The van der Waals surface area contributed by atoms with E-state index in [9.17, 15) is 8.42 Å². The third-order valence-electron chi connectivity index (χ3n) is 2.88. The minimum atomic E-state index is -3.68. The maximum Gasteiger partial charge on any atom is 0.276 e. The molecule has 0 saturated carbocycles. The molecule has 0 spiro atoms. The molecule has 0 atom stereocenters. The molecular formula is C16H16N2O2S. The van der Waals surface area contributed by atoms with E-state index in [1.807, 2.05) is 37.3 Å². The summed E-state index contributed by atoms with van der Waals surface area (Å²) < 4.78 is 24.3. The third kappa shape index (κ3) is 3.79. The summed E-state index contributed by atoms with van der Waals surface area (Å²) in [7, 11) is -3.68. The zero-order valence-electron chi connectivity index (χ0n) is 11.7. The van der Waals surface area contributed by atoms with Gasteiger partial charge in [0.05, 0.1) is 10.6 Å². The molecule has 0 aliphatic rings. The molecule has 0 aliphatic heterocycles. The summed E-state index contributed by atoms with van der Waals surface area (Å²) in [5.74, 6) is 0. The second-order valence-corrected chi connectivity index (χ2v) is 6.14. The van der Waals surface area contributed by atoms with Crippen LogP contribution < -0.4 is 4.83 Å². The number of rotatable bonds is 5. The standard InChI is InChI=1S/C16H16N2O2S/c1-3-16(14-7-5-4-6-8-14)17-18-21(19,20)15-11-9-13(2)10-12-15/h3-12,18H,1H2,2H3. The zero-order valence-corrected chi connectivity index (χ0v) is 12.5. The number of hydrogen-bond donors (Lipinski definition) is 1. The molecule has 0 aliphatic carbocycles. The Morgan fingerprint density at radius 2 is 1.71 bits per heavy atom. The van der Waals surface area contributed by atoms with Crippen molar-refractivity contribution < 1.29 is 8.42 Å². The van der Waals surface area contributed by atoms with Crippen LogP contribution >= 0.6 is 0 Å². The molecule has 0 amide bonds. The van der Waals surface area contributed by atoms with Crippen molar-refractivity contribution in [3.05, 3.63) is 78.4 Å². The summed E-state index contributed by atoms with van der Waals surface area (Å²) in [4.78, 5) is 2.41. The molecule has 2 aromatic rings. The molecule has 4 nitrogen and oxygen atoms in total. The third-order valence-corrected chi connectivity index (χ3v) is 4.10. The van der Waals surface area contributed by atoms with E-state index in [0.29, 0.717) is 5.71 Å². The Labute approximate surface area is 124 Å². The van der Waals surface area contributed by atoms with E-state index in [1.54, 1.807) is 24.3 Å². The van der Waals surface area contributed by atoms with Gasteiger partial charge in [-0.25, -0.2) is 0 Å². The van der Waals surface area contributed by atoms with Gasteiger partial charge in [-0.15, -0.1) is 0 Å². The van der Waals surface area contributed by atoms with Crippen LogP contribution in [0.5, 0.6) is 0 Å². The zero-order chi connectivity index (χ0) is 15.3. The molecule has 0 unspecified atom stereocenters. The Morgan fingerprint density at radius 1 is 1.10 bits per heavy atom. The molecule has 5 heteroatoms. The van der Waals surface area contributed by atoms with Crippen molar-refractivity contribution in [3.63, 3.8) is 0 Å². The summed E-state index contributed by atoms with van der Waals surface area (Å²) in [6.45, 7) is 5.55.